The number of hydrogen-bond acceptors (Lipinski definition) is 3. The van der Waals surface area contributed by atoms with Crippen LogP contribution in [0.3, 0.4) is 0 Å². The summed E-state index contributed by atoms with van der Waals surface area (Å²) in [5.74, 6) is 0. The Morgan fingerprint density at radius 1 is 1.10 bits per heavy atom. The summed E-state index contributed by atoms with van der Waals surface area (Å²) in [6.07, 6.45) is -3.15. The topological polar surface area (TPSA) is 55.5 Å². The molecule has 0 fully saturated rings. The number of hydrogen-bond donors (Lipinski definition) is 0. The molecule has 7 heteroatoms. The molecule has 108 valence electrons. The zero-order valence-electron chi connectivity index (χ0n) is 10.5. The van der Waals surface area contributed by atoms with Gasteiger partial charge in [-0.25, -0.2) is 0 Å². The molecule has 21 heavy (non-hydrogen) atoms. The van der Waals surface area contributed by atoms with Crippen molar-refractivity contribution in [3.05, 3.63) is 69.8 Å². The highest BCUT2D eigenvalue weighted by atomic mass is 19.4. The summed E-state index contributed by atoms with van der Waals surface area (Å²) < 4.78 is 37.6. The SMILES string of the molecule is O=[N+]([O-])c1cccc(C=Nc2cccc(C(F)(F)F)c2)c1. The van der Waals surface area contributed by atoms with Gasteiger partial charge in [-0.15, -0.1) is 0 Å². The van der Waals surface area contributed by atoms with Crippen molar-refractivity contribution in [1.29, 1.82) is 0 Å². The fraction of sp³-hybridized carbons (Fsp3) is 0.0714. The molecule has 0 aliphatic carbocycles. The van der Waals surface area contributed by atoms with Crippen molar-refractivity contribution in [1.82, 2.24) is 0 Å². The van der Waals surface area contributed by atoms with Crippen molar-refractivity contribution in [2.75, 3.05) is 0 Å². The van der Waals surface area contributed by atoms with E-state index in [1.165, 1.54) is 36.5 Å². The van der Waals surface area contributed by atoms with Crippen LogP contribution in [-0.2, 0) is 6.18 Å². The number of benzene rings is 2. The highest BCUT2D eigenvalue weighted by Gasteiger charge is 2.30. The lowest BCUT2D eigenvalue weighted by Gasteiger charge is -2.06. The van der Waals surface area contributed by atoms with Crippen LogP contribution in [0.2, 0.25) is 0 Å². The van der Waals surface area contributed by atoms with Gasteiger partial charge >= 0.3 is 6.18 Å². The summed E-state index contributed by atoms with van der Waals surface area (Å²) in [6, 6.07) is 10.2. The van der Waals surface area contributed by atoms with E-state index in [2.05, 4.69) is 4.99 Å². The van der Waals surface area contributed by atoms with Gasteiger partial charge in [0, 0.05) is 18.3 Å². The molecule has 0 N–H and O–H groups in total. The third-order valence-electron chi connectivity index (χ3n) is 2.62. The molecule has 2 aromatic carbocycles. The summed E-state index contributed by atoms with van der Waals surface area (Å²) in [4.78, 5) is 14.0. The van der Waals surface area contributed by atoms with Gasteiger partial charge in [0.15, 0.2) is 0 Å². The predicted octanol–water partition coefficient (Wildman–Crippen LogP) is 4.36. The molecule has 0 saturated carbocycles. The fourth-order valence-corrected chi connectivity index (χ4v) is 1.63. The summed E-state index contributed by atoms with van der Waals surface area (Å²) in [6.45, 7) is 0. The molecule has 0 aliphatic heterocycles. The van der Waals surface area contributed by atoms with Crippen LogP contribution in [0.1, 0.15) is 11.1 Å². The second kappa shape index (κ2) is 5.74. The van der Waals surface area contributed by atoms with E-state index in [0.717, 1.165) is 12.1 Å². The van der Waals surface area contributed by atoms with Gasteiger partial charge in [-0.3, -0.25) is 15.1 Å². The van der Waals surface area contributed by atoms with E-state index in [4.69, 9.17) is 0 Å². The Kier molecular flexibility index (Phi) is 4.02. The van der Waals surface area contributed by atoms with Crippen LogP contribution in [-0.4, -0.2) is 11.1 Å². The molecule has 0 saturated heterocycles. The van der Waals surface area contributed by atoms with Crippen molar-refractivity contribution in [3.63, 3.8) is 0 Å². The highest BCUT2D eigenvalue weighted by Crippen LogP contribution is 2.31. The van der Waals surface area contributed by atoms with E-state index >= 15 is 0 Å². The minimum Gasteiger partial charge on any atom is -0.258 e. The fourth-order valence-electron chi connectivity index (χ4n) is 1.63. The first-order valence-electron chi connectivity index (χ1n) is 5.82. The third-order valence-corrected chi connectivity index (χ3v) is 2.62. The number of nitro groups is 1. The van der Waals surface area contributed by atoms with E-state index in [9.17, 15) is 23.3 Å². The lowest BCUT2D eigenvalue weighted by atomic mass is 10.2. The van der Waals surface area contributed by atoms with E-state index in [1.807, 2.05) is 0 Å². The van der Waals surface area contributed by atoms with Crippen LogP contribution >= 0.6 is 0 Å². The van der Waals surface area contributed by atoms with E-state index in [1.54, 1.807) is 6.07 Å². The standard InChI is InChI=1S/C14H9F3N2O2/c15-14(16,17)11-4-2-5-12(8-11)18-9-10-3-1-6-13(7-10)19(20)21/h1-9H. The Morgan fingerprint density at radius 2 is 1.81 bits per heavy atom. The number of nitro benzene ring substituents is 1. The molecule has 0 unspecified atom stereocenters. The van der Waals surface area contributed by atoms with Gasteiger partial charge in [-0.05, 0) is 23.8 Å². The normalized spacial score (nSPS) is 11.8. The molecule has 0 aromatic heterocycles. The Balaban J connectivity index is 2.25. The monoisotopic (exact) mass is 294 g/mol. The number of non-ortho nitro benzene ring substituents is 1. The molecular formula is C14H9F3N2O2. The third kappa shape index (κ3) is 3.88. The average Bonchev–Trinajstić information content (AvgIpc) is 2.45. The molecule has 2 rings (SSSR count). The number of rotatable bonds is 3. The van der Waals surface area contributed by atoms with Crippen molar-refractivity contribution in [2.24, 2.45) is 4.99 Å². The van der Waals surface area contributed by atoms with Crippen LogP contribution in [0.15, 0.2) is 53.5 Å². The average molecular weight is 294 g/mol. The van der Waals surface area contributed by atoms with Gasteiger partial charge in [-0.2, -0.15) is 13.2 Å². The van der Waals surface area contributed by atoms with Crippen molar-refractivity contribution >= 4 is 17.6 Å². The van der Waals surface area contributed by atoms with Crippen molar-refractivity contribution in [2.45, 2.75) is 6.18 Å². The zero-order chi connectivity index (χ0) is 15.5. The predicted molar refractivity (Wildman–Crippen MR) is 71.8 cm³/mol. The quantitative estimate of drug-likeness (QED) is 0.479. The lowest BCUT2D eigenvalue weighted by Crippen LogP contribution is -2.03. The van der Waals surface area contributed by atoms with Crippen molar-refractivity contribution < 1.29 is 18.1 Å². The van der Waals surface area contributed by atoms with Crippen LogP contribution < -0.4 is 0 Å². The molecule has 0 bridgehead atoms. The van der Waals surface area contributed by atoms with Crippen LogP contribution in [0, 0.1) is 10.1 Å². The molecule has 0 heterocycles. The molecule has 0 aliphatic rings. The second-order valence-corrected chi connectivity index (χ2v) is 4.16. The number of halogens is 3. The number of alkyl halides is 3. The lowest BCUT2D eigenvalue weighted by molar-refractivity contribution is -0.384. The Labute approximate surface area is 117 Å². The first kappa shape index (κ1) is 14.7. The summed E-state index contributed by atoms with van der Waals surface area (Å²) >= 11 is 0. The molecule has 4 nitrogen and oxygen atoms in total. The summed E-state index contributed by atoms with van der Waals surface area (Å²) in [7, 11) is 0. The highest BCUT2D eigenvalue weighted by molar-refractivity contribution is 5.82. The maximum Gasteiger partial charge on any atom is 0.416 e. The summed E-state index contributed by atoms with van der Waals surface area (Å²) in [5.41, 5.74) is -0.350. The van der Waals surface area contributed by atoms with Crippen LogP contribution in [0.4, 0.5) is 24.5 Å². The van der Waals surface area contributed by atoms with E-state index in [-0.39, 0.29) is 11.4 Å². The first-order chi connectivity index (χ1) is 9.86. The molecule has 0 radical (unpaired) electrons. The Morgan fingerprint density at radius 3 is 2.48 bits per heavy atom. The Hall–Kier alpha value is -2.70. The van der Waals surface area contributed by atoms with Gasteiger partial charge in [0.1, 0.15) is 0 Å². The molecule has 0 atom stereocenters. The minimum atomic E-state index is -4.43. The summed E-state index contributed by atoms with van der Waals surface area (Å²) in [5, 5.41) is 10.6. The van der Waals surface area contributed by atoms with Gasteiger partial charge < -0.3 is 0 Å². The molecule has 0 amide bonds. The van der Waals surface area contributed by atoms with E-state index < -0.39 is 16.7 Å². The molecule has 0 spiro atoms. The first-order valence-corrected chi connectivity index (χ1v) is 5.82. The largest absolute Gasteiger partial charge is 0.416 e. The second-order valence-electron chi connectivity index (χ2n) is 4.16. The Bertz CT molecular complexity index is 697. The minimum absolute atomic E-state index is 0.108. The zero-order valence-corrected chi connectivity index (χ0v) is 10.5. The molecule has 2 aromatic rings. The van der Waals surface area contributed by atoms with Gasteiger partial charge in [-0.1, -0.05) is 18.2 Å². The van der Waals surface area contributed by atoms with Gasteiger partial charge in [0.25, 0.3) is 5.69 Å². The van der Waals surface area contributed by atoms with Gasteiger partial charge in [0.05, 0.1) is 16.2 Å². The van der Waals surface area contributed by atoms with Crippen LogP contribution in [0.5, 0.6) is 0 Å². The van der Waals surface area contributed by atoms with Gasteiger partial charge in [0.2, 0.25) is 0 Å². The maximum absolute atomic E-state index is 12.5. The maximum atomic E-state index is 12.5. The smallest absolute Gasteiger partial charge is 0.258 e. The van der Waals surface area contributed by atoms with Crippen molar-refractivity contribution in [3.8, 4) is 0 Å². The number of nitrogens with zero attached hydrogens (tertiary/aromatic N) is 2. The van der Waals surface area contributed by atoms with Crippen LogP contribution in [0.25, 0.3) is 0 Å². The van der Waals surface area contributed by atoms with E-state index in [0.29, 0.717) is 5.56 Å². The molecular weight excluding hydrogens is 285 g/mol. The number of aliphatic imine (C=N–C) groups is 1.